The van der Waals surface area contributed by atoms with Gasteiger partial charge in [0, 0.05) is 32.6 Å². The molecule has 0 spiro atoms. The molecule has 0 radical (unpaired) electrons. The van der Waals surface area contributed by atoms with E-state index in [1.807, 2.05) is 23.9 Å². The van der Waals surface area contributed by atoms with E-state index in [1.165, 1.54) is 0 Å². The van der Waals surface area contributed by atoms with Crippen LogP contribution >= 0.6 is 0 Å². The van der Waals surface area contributed by atoms with Crippen LogP contribution in [0.3, 0.4) is 0 Å². The third kappa shape index (κ3) is 2.88. The van der Waals surface area contributed by atoms with Gasteiger partial charge in [0.1, 0.15) is 11.6 Å². The summed E-state index contributed by atoms with van der Waals surface area (Å²) in [5.41, 5.74) is 2.35. The molecule has 4 rings (SSSR count). The summed E-state index contributed by atoms with van der Waals surface area (Å²) >= 11 is 0. The third-order valence-electron chi connectivity index (χ3n) is 5.11. The SMILES string of the molecule is CN(C)c1cncc([C@H]2CCCN2C(=O)c2noc3c2CCCC3)n1. The van der Waals surface area contributed by atoms with Gasteiger partial charge in [-0.2, -0.15) is 0 Å². The van der Waals surface area contributed by atoms with Crippen LogP contribution in [0.5, 0.6) is 0 Å². The molecule has 1 amide bonds. The van der Waals surface area contributed by atoms with Gasteiger partial charge < -0.3 is 14.3 Å². The lowest BCUT2D eigenvalue weighted by atomic mass is 9.96. The lowest BCUT2D eigenvalue weighted by Gasteiger charge is -2.24. The molecule has 1 aliphatic carbocycles. The van der Waals surface area contributed by atoms with Crippen molar-refractivity contribution in [2.45, 2.75) is 44.6 Å². The maximum absolute atomic E-state index is 13.1. The number of likely N-dealkylation sites (tertiary alicyclic amines) is 1. The fourth-order valence-electron chi connectivity index (χ4n) is 3.75. The van der Waals surface area contributed by atoms with Crippen LogP contribution in [0.1, 0.15) is 59.2 Å². The van der Waals surface area contributed by atoms with Gasteiger partial charge >= 0.3 is 0 Å². The number of aromatic nitrogens is 3. The Morgan fingerprint density at radius 1 is 1.24 bits per heavy atom. The molecule has 132 valence electrons. The van der Waals surface area contributed by atoms with Crippen LogP contribution in [0, 0.1) is 0 Å². The summed E-state index contributed by atoms with van der Waals surface area (Å²) in [5, 5.41) is 4.11. The Bertz CT molecular complexity index is 786. The molecule has 0 aromatic carbocycles. The topological polar surface area (TPSA) is 75.4 Å². The van der Waals surface area contributed by atoms with Gasteiger partial charge in [-0.25, -0.2) is 4.98 Å². The number of hydrogen-bond donors (Lipinski definition) is 0. The van der Waals surface area contributed by atoms with Crippen LogP contribution in [0.2, 0.25) is 0 Å². The van der Waals surface area contributed by atoms with Crippen LogP contribution in [-0.4, -0.2) is 46.6 Å². The first-order valence-electron chi connectivity index (χ1n) is 8.93. The molecule has 1 aliphatic heterocycles. The molecule has 7 nitrogen and oxygen atoms in total. The van der Waals surface area contributed by atoms with E-state index in [9.17, 15) is 4.79 Å². The molecule has 3 heterocycles. The number of rotatable bonds is 3. The van der Waals surface area contributed by atoms with E-state index in [0.717, 1.165) is 67.9 Å². The molecule has 2 aromatic rings. The Morgan fingerprint density at radius 3 is 2.92 bits per heavy atom. The van der Waals surface area contributed by atoms with Crippen molar-refractivity contribution in [1.82, 2.24) is 20.0 Å². The van der Waals surface area contributed by atoms with Crippen molar-refractivity contribution in [1.29, 1.82) is 0 Å². The second-order valence-electron chi connectivity index (χ2n) is 6.99. The lowest BCUT2D eigenvalue weighted by Crippen LogP contribution is -2.32. The summed E-state index contributed by atoms with van der Waals surface area (Å²) in [4.78, 5) is 25.9. The van der Waals surface area contributed by atoms with Crippen LogP contribution in [0.4, 0.5) is 5.82 Å². The number of fused-ring (bicyclic) bond motifs is 1. The molecule has 1 fully saturated rings. The quantitative estimate of drug-likeness (QED) is 0.853. The summed E-state index contributed by atoms with van der Waals surface area (Å²) in [6.07, 6.45) is 9.33. The Labute approximate surface area is 147 Å². The highest BCUT2D eigenvalue weighted by Crippen LogP contribution is 2.34. The summed E-state index contributed by atoms with van der Waals surface area (Å²) in [6, 6.07) is -0.0455. The van der Waals surface area contributed by atoms with Gasteiger partial charge in [-0.15, -0.1) is 0 Å². The Balaban J connectivity index is 1.62. The largest absolute Gasteiger partial charge is 0.361 e. The minimum atomic E-state index is -0.0455. The van der Waals surface area contributed by atoms with Crippen LogP contribution in [-0.2, 0) is 12.8 Å². The van der Waals surface area contributed by atoms with Crippen LogP contribution in [0.15, 0.2) is 16.9 Å². The number of aryl methyl sites for hydroxylation is 1. The predicted octanol–water partition coefficient (Wildman–Crippen LogP) is 2.39. The second-order valence-corrected chi connectivity index (χ2v) is 6.99. The fraction of sp³-hybridized carbons (Fsp3) is 0.556. The first kappa shape index (κ1) is 16.1. The average molecular weight is 341 g/mol. The van der Waals surface area contributed by atoms with Crippen molar-refractivity contribution >= 4 is 11.7 Å². The van der Waals surface area contributed by atoms with Crippen molar-refractivity contribution in [3.05, 3.63) is 35.1 Å². The molecule has 1 saturated heterocycles. The summed E-state index contributed by atoms with van der Waals surface area (Å²) < 4.78 is 5.43. The first-order valence-corrected chi connectivity index (χ1v) is 8.93. The Hall–Kier alpha value is -2.44. The normalized spacial score (nSPS) is 19.8. The zero-order chi connectivity index (χ0) is 17.4. The van der Waals surface area contributed by atoms with Crippen molar-refractivity contribution in [2.75, 3.05) is 25.5 Å². The molecule has 7 heteroatoms. The van der Waals surface area contributed by atoms with E-state index in [0.29, 0.717) is 5.69 Å². The number of carbonyl (C=O) groups excluding carboxylic acids is 1. The highest BCUT2D eigenvalue weighted by atomic mass is 16.5. The minimum absolute atomic E-state index is 0.0357. The second kappa shape index (κ2) is 6.46. The summed E-state index contributed by atoms with van der Waals surface area (Å²) in [5.74, 6) is 1.65. The fourth-order valence-corrected chi connectivity index (χ4v) is 3.75. The predicted molar refractivity (Wildman–Crippen MR) is 92.5 cm³/mol. The molecular formula is C18H23N5O2. The highest BCUT2D eigenvalue weighted by Gasteiger charge is 2.35. The number of hydrogen-bond acceptors (Lipinski definition) is 6. The van der Waals surface area contributed by atoms with Gasteiger partial charge in [-0.3, -0.25) is 9.78 Å². The van der Waals surface area contributed by atoms with E-state index >= 15 is 0 Å². The molecule has 2 aliphatic rings. The van der Waals surface area contributed by atoms with Gasteiger partial charge in [-0.05, 0) is 32.1 Å². The number of carbonyl (C=O) groups is 1. The Morgan fingerprint density at radius 2 is 2.08 bits per heavy atom. The van der Waals surface area contributed by atoms with E-state index in [2.05, 4.69) is 15.1 Å². The van der Waals surface area contributed by atoms with Crippen molar-refractivity contribution in [3.63, 3.8) is 0 Å². The third-order valence-corrected chi connectivity index (χ3v) is 5.11. The Kier molecular flexibility index (Phi) is 4.15. The van der Waals surface area contributed by atoms with Crippen LogP contribution < -0.4 is 4.90 Å². The average Bonchev–Trinajstić information content (AvgIpc) is 3.28. The van der Waals surface area contributed by atoms with Gasteiger partial charge in [0.25, 0.3) is 5.91 Å². The van der Waals surface area contributed by atoms with Crippen LogP contribution in [0.25, 0.3) is 0 Å². The van der Waals surface area contributed by atoms with Crippen molar-refractivity contribution in [2.24, 2.45) is 0 Å². The van der Waals surface area contributed by atoms with Gasteiger partial charge in [-0.1, -0.05) is 5.16 Å². The molecule has 0 unspecified atom stereocenters. The smallest absolute Gasteiger partial charge is 0.276 e. The maximum atomic E-state index is 13.1. The van der Waals surface area contributed by atoms with E-state index in [-0.39, 0.29) is 11.9 Å². The first-order chi connectivity index (χ1) is 12.1. The summed E-state index contributed by atoms with van der Waals surface area (Å²) in [7, 11) is 3.88. The van der Waals surface area contributed by atoms with E-state index in [1.54, 1.807) is 12.4 Å². The molecule has 0 saturated carbocycles. The zero-order valence-electron chi connectivity index (χ0n) is 14.7. The van der Waals surface area contributed by atoms with E-state index in [4.69, 9.17) is 4.52 Å². The maximum Gasteiger partial charge on any atom is 0.276 e. The van der Waals surface area contributed by atoms with Gasteiger partial charge in [0.05, 0.1) is 24.1 Å². The number of anilines is 1. The van der Waals surface area contributed by atoms with E-state index < -0.39 is 0 Å². The summed E-state index contributed by atoms with van der Waals surface area (Å²) in [6.45, 7) is 0.721. The van der Waals surface area contributed by atoms with Gasteiger partial charge in [0.15, 0.2) is 5.69 Å². The molecule has 0 N–H and O–H groups in total. The molecular weight excluding hydrogens is 318 g/mol. The number of amides is 1. The zero-order valence-corrected chi connectivity index (χ0v) is 14.7. The van der Waals surface area contributed by atoms with Gasteiger partial charge in [0.2, 0.25) is 0 Å². The van der Waals surface area contributed by atoms with Crippen molar-refractivity contribution in [3.8, 4) is 0 Å². The van der Waals surface area contributed by atoms with Crippen molar-refractivity contribution < 1.29 is 9.32 Å². The number of nitrogens with zero attached hydrogens (tertiary/aromatic N) is 5. The highest BCUT2D eigenvalue weighted by molar-refractivity contribution is 5.94. The minimum Gasteiger partial charge on any atom is -0.361 e. The lowest BCUT2D eigenvalue weighted by molar-refractivity contribution is 0.0721. The molecule has 1 atom stereocenters. The molecule has 25 heavy (non-hydrogen) atoms. The monoisotopic (exact) mass is 341 g/mol. The molecule has 2 aromatic heterocycles. The standard InChI is InChI=1S/C18H23N5O2/c1-22(2)16-11-19-10-13(20-16)14-7-5-9-23(14)18(24)17-12-6-3-4-8-15(12)25-21-17/h10-11,14H,3-9H2,1-2H3/t14-/m1/s1. The molecule has 0 bridgehead atoms.